The highest BCUT2D eigenvalue weighted by Crippen LogP contribution is 2.15. The van der Waals surface area contributed by atoms with Crippen LogP contribution in [-0.2, 0) is 10.0 Å². The van der Waals surface area contributed by atoms with E-state index in [1.54, 1.807) is 19.1 Å². The summed E-state index contributed by atoms with van der Waals surface area (Å²) in [7, 11) is -3.18. The normalized spacial score (nSPS) is 11.1. The predicted octanol–water partition coefficient (Wildman–Crippen LogP) is 1.88. The highest BCUT2D eigenvalue weighted by Gasteiger charge is 2.06. The first-order chi connectivity index (χ1) is 7.07. The lowest BCUT2D eigenvalue weighted by atomic mass is 10.3. The Morgan fingerprint density at radius 2 is 1.87 bits per heavy atom. The van der Waals surface area contributed by atoms with Crippen molar-refractivity contribution in [2.75, 3.05) is 22.3 Å². The Bertz CT molecular complexity index is 415. The van der Waals surface area contributed by atoms with Crippen LogP contribution in [0.5, 0.6) is 0 Å². The molecule has 15 heavy (non-hydrogen) atoms. The molecule has 0 fully saturated rings. The Balaban J connectivity index is 2.82. The second-order valence-electron chi connectivity index (χ2n) is 3.12. The van der Waals surface area contributed by atoms with Gasteiger partial charge in [0.25, 0.3) is 0 Å². The van der Waals surface area contributed by atoms with Crippen LogP contribution in [0.15, 0.2) is 24.3 Å². The van der Waals surface area contributed by atoms with Crippen molar-refractivity contribution in [3.63, 3.8) is 0 Å². The zero-order valence-corrected chi connectivity index (χ0v) is 9.76. The number of sulfonamides is 1. The summed E-state index contributed by atoms with van der Waals surface area (Å²) in [5.74, 6) is 0.0818. The average molecular weight is 228 g/mol. The molecule has 0 saturated carbocycles. The van der Waals surface area contributed by atoms with E-state index >= 15 is 0 Å². The minimum atomic E-state index is -3.18. The van der Waals surface area contributed by atoms with E-state index in [4.69, 9.17) is 0 Å². The molecule has 1 rings (SSSR count). The van der Waals surface area contributed by atoms with Crippen molar-refractivity contribution in [2.45, 2.75) is 13.8 Å². The van der Waals surface area contributed by atoms with Crippen LogP contribution in [0.1, 0.15) is 13.8 Å². The van der Waals surface area contributed by atoms with Crippen LogP contribution in [0.4, 0.5) is 11.4 Å². The molecule has 0 spiro atoms. The number of rotatable bonds is 5. The fourth-order valence-corrected chi connectivity index (χ4v) is 1.78. The fourth-order valence-electron chi connectivity index (χ4n) is 1.15. The molecule has 4 nitrogen and oxygen atoms in total. The molecule has 1 aromatic carbocycles. The van der Waals surface area contributed by atoms with Gasteiger partial charge >= 0.3 is 0 Å². The van der Waals surface area contributed by atoms with E-state index in [2.05, 4.69) is 10.0 Å². The molecule has 0 amide bonds. The minimum absolute atomic E-state index is 0.0818. The smallest absolute Gasteiger partial charge is 0.232 e. The van der Waals surface area contributed by atoms with Crippen LogP contribution in [0.2, 0.25) is 0 Å². The van der Waals surface area contributed by atoms with Gasteiger partial charge in [-0.1, -0.05) is 6.07 Å². The third-order valence-corrected chi connectivity index (χ3v) is 3.20. The van der Waals surface area contributed by atoms with Gasteiger partial charge < -0.3 is 5.32 Å². The van der Waals surface area contributed by atoms with E-state index < -0.39 is 10.0 Å². The molecular weight excluding hydrogens is 212 g/mol. The molecule has 0 atom stereocenters. The largest absolute Gasteiger partial charge is 0.385 e. The molecule has 0 aliphatic carbocycles. The van der Waals surface area contributed by atoms with E-state index in [0.717, 1.165) is 12.2 Å². The minimum Gasteiger partial charge on any atom is -0.385 e. The van der Waals surface area contributed by atoms with Gasteiger partial charge in [-0.05, 0) is 32.0 Å². The molecule has 0 bridgehead atoms. The molecule has 0 saturated heterocycles. The van der Waals surface area contributed by atoms with Crippen molar-refractivity contribution in [2.24, 2.45) is 0 Å². The quantitative estimate of drug-likeness (QED) is 0.809. The van der Waals surface area contributed by atoms with Crippen LogP contribution >= 0.6 is 0 Å². The van der Waals surface area contributed by atoms with Crippen LogP contribution < -0.4 is 10.0 Å². The lowest BCUT2D eigenvalue weighted by Crippen LogP contribution is -2.14. The molecule has 1 aromatic rings. The number of hydrogen-bond donors (Lipinski definition) is 2. The molecule has 0 aromatic heterocycles. The summed E-state index contributed by atoms with van der Waals surface area (Å²) in [5, 5.41) is 3.12. The summed E-state index contributed by atoms with van der Waals surface area (Å²) in [6.07, 6.45) is 0. The van der Waals surface area contributed by atoms with Gasteiger partial charge in [-0.2, -0.15) is 0 Å². The summed E-state index contributed by atoms with van der Waals surface area (Å²) >= 11 is 0. The van der Waals surface area contributed by atoms with Gasteiger partial charge in [0.05, 0.1) is 11.4 Å². The summed E-state index contributed by atoms with van der Waals surface area (Å²) in [6.45, 7) is 4.41. The molecule has 84 valence electrons. The zero-order chi connectivity index (χ0) is 11.3. The van der Waals surface area contributed by atoms with Crippen molar-refractivity contribution >= 4 is 21.4 Å². The first-order valence-corrected chi connectivity index (χ1v) is 6.57. The van der Waals surface area contributed by atoms with Crippen LogP contribution in [0.3, 0.4) is 0 Å². The maximum Gasteiger partial charge on any atom is 0.232 e. The predicted molar refractivity (Wildman–Crippen MR) is 63.7 cm³/mol. The lowest BCUT2D eigenvalue weighted by molar-refractivity contribution is 0.602. The molecule has 0 heterocycles. The summed E-state index contributed by atoms with van der Waals surface area (Å²) < 4.78 is 25.1. The van der Waals surface area contributed by atoms with Crippen molar-refractivity contribution in [1.82, 2.24) is 0 Å². The van der Waals surface area contributed by atoms with Gasteiger partial charge in [-0.25, -0.2) is 8.42 Å². The second kappa shape index (κ2) is 5.02. The van der Waals surface area contributed by atoms with E-state index in [0.29, 0.717) is 5.69 Å². The maximum atomic E-state index is 11.3. The third kappa shape index (κ3) is 3.79. The van der Waals surface area contributed by atoms with E-state index in [1.165, 1.54) is 0 Å². The van der Waals surface area contributed by atoms with Crippen LogP contribution in [0, 0.1) is 0 Å². The first kappa shape index (κ1) is 11.8. The number of anilines is 2. The van der Waals surface area contributed by atoms with Gasteiger partial charge in [0, 0.05) is 12.2 Å². The maximum absolute atomic E-state index is 11.3. The molecule has 0 aliphatic rings. The molecule has 0 unspecified atom stereocenters. The summed E-state index contributed by atoms with van der Waals surface area (Å²) in [5.41, 5.74) is 1.50. The Kier molecular flexibility index (Phi) is 3.96. The highest BCUT2D eigenvalue weighted by molar-refractivity contribution is 7.92. The van der Waals surface area contributed by atoms with Crippen molar-refractivity contribution in [1.29, 1.82) is 0 Å². The molecule has 0 aliphatic heterocycles. The highest BCUT2D eigenvalue weighted by atomic mass is 32.2. The molecule has 5 heteroatoms. The van der Waals surface area contributed by atoms with Crippen LogP contribution in [-0.4, -0.2) is 20.7 Å². The molecule has 0 radical (unpaired) electrons. The van der Waals surface area contributed by atoms with E-state index in [9.17, 15) is 8.42 Å². The monoisotopic (exact) mass is 228 g/mol. The van der Waals surface area contributed by atoms with Crippen molar-refractivity contribution in [3.05, 3.63) is 24.3 Å². The number of nitrogens with one attached hydrogen (secondary N) is 2. The Morgan fingerprint density at radius 3 is 2.47 bits per heavy atom. The standard InChI is InChI=1S/C10H16N2O2S/c1-3-11-9-6-5-7-10(8-9)12-15(13,14)4-2/h5-8,11-12H,3-4H2,1-2H3. The van der Waals surface area contributed by atoms with Crippen LogP contribution in [0.25, 0.3) is 0 Å². The lowest BCUT2D eigenvalue weighted by Gasteiger charge is -2.08. The topological polar surface area (TPSA) is 58.2 Å². The average Bonchev–Trinajstić information content (AvgIpc) is 2.18. The third-order valence-electron chi connectivity index (χ3n) is 1.90. The molecular formula is C10H16N2O2S. The summed E-state index contributed by atoms with van der Waals surface area (Å²) in [4.78, 5) is 0. The van der Waals surface area contributed by atoms with Gasteiger partial charge in [-0.15, -0.1) is 0 Å². The van der Waals surface area contributed by atoms with E-state index in [1.807, 2.05) is 19.1 Å². The SMILES string of the molecule is CCNc1cccc(NS(=O)(=O)CC)c1. The molecule has 2 N–H and O–H groups in total. The van der Waals surface area contributed by atoms with Gasteiger partial charge in [0.2, 0.25) is 10.0 Å². The van der Waals surface area contributed by atoms with Crippen molar-refractivity contribution < 1.29 is 8.42 Å². The number of hydrogen-bond acceptors (Lipinski definition) is 3. The first-order valence-electron chi connectivity index (χ1n) is 4.92. The van der Waals surface area contributed by atoms with Crippen molar-refractivity contribution in [3.8, 4) is 0 Å². The Morgan fingerprint density at radius 1 is 1.20 bits per heavy atom. The zero-order valence-electron chi connectivity index (χ0n) is 8.95. The summed E-state index contributed by atoms with van der Waals surface area (Å²) in [6, 6.07) is 7.21. The van der Waals surface area contributed by atoms with Gasteiger partial charge in [-0.3, -0.25) is 4.72 Å². The second-order valence-corrected chi connectivity index (χ2v) is 5.13. The van der Waals surface area contributed by atoms with Gasteiger partial charge in [0.15, 0.2) is 0 Å². The van der Waals surface area contributed by atoms with E-state index in [-0.39, 0.29) is 5.75 Å². The Hall–Kier alpha value is -1.23. The number of benzene rings is 1. The van der Waals surface area contributed by atoms with Gasteiger partial charge in [0.1, 0.15) is 0 Å². The fraction of sp³-hybridized carbons (Fsp3) is 0.400. The Labute approximate surface area is 90.8 Å².